The van der Waals surface area contributed by atoms with E-state index in [9.17, 15) is 4.79 Å². The van der Waals surface area contributed by atoms with Gasteiger partial charge in [0.05, 0.1) is 0 Å². The van der Waals surface area contributed by atoms with E-state index in [1.807, 2.05) is 6.92 Å². The van der Waals surface area contributed by atoms with Crippen LogP contribution in [-0.4, -0.2) is 22.1 Å². The van der Waals surface area contributed by atoms with Gasteiger partial charge in [-0.05, 0) is 38.7 Å². The number of hydrogen-bond donors (Lipinski definition) is 2. The molecule has 88 valence electrons. The largest absolute Gasteiger partial charge is 0.348 e. The van der Waals surface area contributed by atoms with Crippen molar-refractivity contribution < 1.29 is 4.79 Å². The molecule has 16 heavy (non-hydrogen) atoms. The fourth-order valence-electron chi connectivity index (χ4n) is 1.80. The van der Waals surface area contributed by atoms with Gasteiger partial charge in [-0.2, -0.15) is 5.10 Å². The Morgan fingerprint density at radius 2 is 2.44 bits per heavy atom. The zero-order valence-corrected chi connectivity index (χ0v) is 9.92. The first-order valence-electron chi connectivity index (χ1n) is 5.98. The van der Waals surface area contributed by atoms with Crippen molar-refractivity contribution in [3.8, 4) is 0 Å². The van der Waals surface area contributed by atoms with Crippen molar-refractivity contribution in [2.45, 2.75) is 45.6 Å². The van der Waals surface area contributed by atoms with E-state index in [1.165, 1.54) is 19.3 Å². The number of hydrogen-bond acceptors (Lipinski definition) is 2. The first-order chi connectivity index (χ1) is 7.65. The molecule has 0 saturated heterocycles. The van der Waals surface area contributed by atoms with Crippen LogP contribution >= 0.6 is 0 Å². The molecule has 2 rings (SSSR count). The molecular formula is C12H19N3O. The highest BCUT2D eigenvalue weighted by atomic mass is 16.2. The first kappa shape index (κ1) is 11.2. The second kappa shape index (κ2) is 4.68. The summed E-state index contributed by atoms with van der Waals surface area (Å²) in [5, 5.41) is 9.68. The zero-order chi connectivity index (χ0) is 11.5. The van der Waals surface area contributed by atoms with Crippen LogP contribution in [-0.2, 0) is 0 Å². The molecule has 1 amide bonds. The maximum atomic E-state index is 11.7. The van der Waals surface area contributed by atoms with Crippen molar-refractivity contribution in [2.75, 3.05) is 0 Å². The molecule has 1 heterocycles. The van der Waals surface area contributed by atoms with Crippen LogP contribution in [0.3, 0.4) is 0 Å². The molecule has 1 aromatic rings. The van der Waals surface area contributed by atoms with Crippen LogP contribution in [0.1, 0.15) is 48.8 Å². The topological polar surface area (TPSA) is 57.8 Å². The van der Waals surface area contributed by atoms with E-state index in [0.29, 0.717) is 5.69 Å². The fourth-order valence-corrected chi connectivity index (χ4v) is 1.80. The van der Waals surface area contributed by atoms with Crippen LogP contribution < -0.4 is 5.32 Å². The molecule has 0 bridgehead atoms. The molecule has 1 aliphatic carbocycles. The van der Waals surface area contributed by atoms with E-state index in [1.54, 1.807) is 6.07 Å². The Labute approximate surface area is 95.8 Å². The molecule has 0 radical (unpaired) electrons. The van der Waals surface area contributed by atoms with Crippen molar-refractivity contribution >= 4 is 5.91 Å². The first-order valence-corrected chi connectivity index (χ1v) is 5.98. The molecule has 1 unspecified atom stereocenters. The molecule has 1 fully saturated rings. The molecule has 4 nitrogen and oxygen atoms in total. The third-order valence-electron chi connectivity index (χ3n) is 3.02. The van der Waals surface area contributed by atoms with E-state index >= 15 is 0 Å². The van der Waals surface area contributed by atoms with E-state index in [2.05, 4.69) is 22.4 Å². The van der Waals surface area contributed by atoms with Gasteiger partial charge in [-0.1, -0.05) is 12.8 Å². The van der Waals surface area contributed by atoms with Gasteiger partial charge in [0, 0.05) is 11.7 Å². The summed E-state index contributed by atoms with van der Waals surface area (Å²) < 4.78 is 0. The monoisotopic (exact) mass is 221 g/mol. The number of aryl methyl sites for hydroxylation is 1. The van der Waals surface area contributed by atoms with Crippen LogP contribution in [0.5, 0.6) is 0 Å². The summed E-state index contributed by atoms with van der Waals surface area (Å²) in [6, 6.07) is 2.01. The molecule has 1 saturated carbocycles. The van der Waals surface area contributed by atoms with Gasteiger partial charge in [0.1, 0.15) is 5.69 Å². The zero-order valence-electron chi connectivity index (χ0n) is 9.92. The minimum absolute atomic E-state index is 0.0763. The summed E-state index contributed by atoms with van der Waals surface area (Å²) in [5.74, 6) is 0.847. The lowest BCUT2D eigenvalue weighted by atomic mass is 10.1. The summed E-state index contributed by atoms with van der Waals surface area (Å²) in [6.45, 7) is 3.94. The Morgan fingerprint density at radius 1 is 1.69 bits per heavy atom. The molecule has 1 atom stereocenters. The number of nitrogens with one attached hydrogen (secondary N) is 2. The summed E-state index contributed by atoms with van der Waals surface area (Å²) in [6.07, 6.45) is 5.05. The van der Waals surface area contributed by atoms with Crippen LogP contribution in [0.2, 0.25) is 0 Å². The van der Waals surface area contributed by atoms with Crippen LogP contribution in [0.25, 0.3) is 0 Å². The summed E-state index contributed by atoms with van der Waals surface area (Å²) in [5.41, 5.74) is 1.39. The smallest absolute Gasteiger partial charge is 0.271 e. The summed E-state index contributed by atoms with van der Waals surface area (Å²) in [7, 11) is 0. The number of aromatic nitrogens is 2. The number of nitrogens with zero attached hydrogens (tertiary/aromatic N) is 1. The Hall–Kier alpha value is -1.32. The molecular weight excluding hydrogens is 202 g/mol. The Kier molecular flexibility index (Phi) is 3.27. The molecule has 0 aromatic carbocycles. The molecule has 0 aliphatic heterocycles. The van der Waals surface area contributed by atoms with Crippen LogP contribution in [0.4, 0.5) is 0 Å². The Balaban J connectivity index is 1.76. The maximum absolute atomic E-state index is 11.7. The standard InChI is InChI=1S/C12H19N3O/c1-8(3-4-10-5-6-10)13-12(16)11-7-9(2)14-15-11/h7-8,10H,3-6H2,1-2H3,(H,13,16)(H,14,15). The maximum Gasteiger partial charge on any atom is 0.271 e. The van der Waals surface area contributed by atoms with Gasteiger partial charge in [0.15, 0.2) is 0 Å². The molecule has 1 aromatic heterocycles. The van der Waals surface area contributed by atoms with Gasteiger partial charge in [0.2, 0.25) is 0 Å². The Bertz CT molecular complexity index is 368. The average Bonchev–Trinajstić information content (AvgIpc) is 2.97. The number of carbonyl (C=O) groups excluding carboxylic acids is 1. The predicted octanol–water partition coefficient (Wildman–Crippen LogP) is 2.03. The van der Waals surface area contributed by atoms with Gasteiger partial charge in [-0.3, -0.25) is 9.89 Å². The number of carbonyl (C=O) groups is 1. The highest BCUT2D eigenvalue weighted by molar-refractivity contribution is 5.92. The van der Waals surface area contributed by atoms with Crippen LogP contribution in [0.15, 0.2) is 6.07 Å². The predicted molar refractivity (Wildman–Crippen MR) is 62.2 cm³/mol. The van der Waals surface area contributed by atoms with Crippen LogP contribution in [0, 0.1) is 12.8 Å². The summed E-state index contributed by atoms with van der Waals surface area (Å²) >= 11 is 0. The SMILES string of the molecule is Cc1cc(C(=O)NC(C)CCC2CC2)n[nH]1. The van der Waals surface area contributed by atoms with E-state index in [4.69, 9.17) is 0 Å². The second-order valence-electron chi connectivity index (χ2n) is 4.83. The van der Waals surface area contributed by atoms with Crippen molar-refractivity contribution in [3.05, 3.63) is 17.5 Å². The van der Waals surface area contributed by atoms with E-state index < -0.39 is 0 Å². The highest BCUT2D eigenvalue weighted by Crippen LogP contribution is 2.33. The second-order valence-corrected chi connectivity index (χ2v) is 4.83. The minimum Gasteiger partial charge on any atom is -0.348 e. The number of rotatable bonds is 5. The lowest BCUT2D eigenvalue weighted by Crippen LogP contribution is -2.32. The van der Waals surface area contributed by atoms with Crippen molar-refractivity contribution in [1.82, 2.24) is 15.5 Å². The third-order valence-corrected chi connectivity index (χ3v) is 3.02. The van der Waals surface area contributed by atoms with Crippen molar-refractivity contribution in [3.63, 3.8) is 0 Å². The molecule has 1 aliphatic rings. The average molecular weight is 221 g/mol. The molecule has 0 spiro atoms. The number of amides is 1. The quantitative estimate of drug-likeness (QED) is 0.799. The van der Waals surface area contributed by atoms with Crippen molar-refractivity contribution in [2.24, 2.45) is 5.92 Å². The van der Waals surface area contributed by atoms with Gasteiger partial charge >= 0.3 is 0 Å². The van der Waals surface area contributed by atoms with Crippen molar-refractivity contribution in [1.29, 1.82) is 0 Å². The normalized spacial score (nSPS) is 17.1. The number of aromatic amines is 1. The van der Waals surface area contributed by atoms with E-state index in [-0.39, 0.29) is 11.9 Å². The highest BCUT2D eigenvalue weighted by Gasteiger charge is 2.22. The number of H-pyrrole nitrogens is 1. The lowest BCUT2D eigenvalue weighted by Gasteiger charge is -2.12. The minimum atomic E-state index is -0.0763. The Morgan fingerprint density at radius 3 is 3.00 bits per heavy atom. The molecule has 2 N–H and O–H groups in total. The lowest BCUT2D eigenvalue weighted by molar-refractivity contribution is 0.0932. The van der Waals surface area contributed by atoms with Gasteiger partial charge in [-0.25, -0.2) is 0 Å². The third kappa shape index (κ3) is 3.08. The van der Waals surface area contributed by atoms with Gasteiger partial charge in [-0.15, -0.1) is 0 Å². The fraction of sp³-hybridized carbons (Fsp3) is 0.667. The molecule has 4 heteroatoms. The summed E-state index contributed by atoms with van der Waals surface area (Å²) in [4.78, 5) is 11.7. The van der Waals surface area contributed by atoms with Gasteiger partial charge < -0.3 is 5.32 Å². The van der Waals surface area contributed by atoms with Gasteiger partial charge in [0.25, 0.3) is 5.91 Å². The van der Waals surface area contributed by atoms with E-state index in [0.717, 1.165) is 18.0 Å².